The van der Waals surface area contributed by atoms with Crippen molar-refractivity contribution in [1.29, 1.82) is 5.26 Å². The van der Waals surface area contributed by atoms with Gasteiger partial charge in [-0.3, -0.25) is 4.79 Å². The number of nitriles is 1. The van der Waals surface area contributed by atoms with Gasteiger partial charge in [0.15, 0.2) is 0 Å². The van der Waals surface area contributed by atoms with Gasteiger partial charge in [0, 0.05) is 11.6 Å². The van der Waals surface area contributed by atoms with Crippen LogP contribution >= 0.6 is 11.6 Å². The minimum Gasteiger partial charge on any atom is -0.457 e. The molecule has 1 saturated carbocycles. The number of carbonyl (C=O) groups is 1. The number of rotatable bonds is 9. The van der Waals surface area contributed by atoms with E-state index < -0.39 is 35.4 Å². The van der Waals surface area contributed by atoms with Crippen LogP contribution in [-0.2, 0) is 9.53 Å². The minimum absolute atomic E-state index is 0.0598. The molecule has 1 aliphatic carbocycles. The molecule has 0 aliphatic heterocycles. The predicted molar refractivity (Wildman–Crippen MR) is 134 cm³/mol. The number of nitrogens with zero attached hydrogens (tertiary/aromatic N) is 1. The summed E-state index contributed by atoms with van der Waals surface area (Å²) in [4.78, 5) is 12.9. The highest BCUT2D eigenvalue weighted by atomic mass is 35.5. The fourth-order valence-corrected chi connectivity index (χ4v) is 4.31. The number of benzene rings is 3. The Morgan fingerprint density at radius 2 is 1.73 bits per heavy atom. The Balaban J connectivity index is 1.41. The van der Waals surface area contributed by atoms with Crippen LogP contribution in [0.3, 0.4) is 0 Å². The summed E-state index contributed by atoms with van der Waals surface area (Å²) < 4.78 is 44.8. The van der Waals surface area contributed by atoms with Crippen LogP contribution in [0.25, 0.3) is 0 Å². The Morgan fingerprint density at radius 1 is 1.05 bits per heavy atom. The largest absolute Gasteiger partial charge is 0.457 e. The van der Waals surface area contributed by atoms with Gasteiger partial charge >= 0.3 is 12.1 Å². The number of allylic oxidation sites excluding steroid dienone is 1. The van der Waals surface area contributed by atoms with E-state index in [1.165, 1.54) is 24.3 Å². The SMILES string of the molecule is CC1(C)C(C=CC(F)(F)Oc2ccccc2Cl)C1C(=O)OC(C#N)c1cccc(Oc2ccccc2)c1. The van der Waals surface area contributed by atoms with E-state index >= 15 is 0 Å². The summed E-state index contributed by atoms with van der Waals surface area (Å²) in [6, 6.07) is 23.7. The first-order chi connectivity index (χ1) is 17.6. The maximum Gasteiger partial charge on any atom is 0.419 e. The van der Waals surface area contributed by atoms with Crippen molar-refractivity contribution in [3.63, 3.8) is 0 Å². The van der Waals surface area contributed by atoms with E-state index in [9.17, 15) is 18.8 Å². The van der Waals surface area contributed by atoms with Crippen molar-refractivity contribution in [2.75, 3.05) is 0 Å². The number of hydrogen-bond acceptors (Lipinski definition) is 5. The van der Waals surface area contributed by atoms with E-state index in [4.69, 9.17) is 25.8 Å². The molecule has 0 aromatic heterocycles. The van der Waals surface area contributed by atoms with E-state index in [1.807, 2.05) is 24.3 Å². The Hall–Kier alpha value is -3.89. The second-order valence-electron chi connectivity index (χ2n) is 9.21. The highest BCUT2D eigenvalue weighted by Gasteiger charge is 2.62. The Kier molecular flexibility index (Phi) is 7.51. The van der Waals surface area contributed by atoms with E-state index in [2.05, 4.69) is 0 Å². The number of ether oxygens (including phenoxy) is 3. The molecule has 0 radical (unpaired) electrons. The summed E-state index contributed by atoms with van der Waals surface area (Å²) in [5, 5.41) is 9.73. The molecule has 1 aliphatic rings. The van der Waals surface area contributed by atoms with Crippen molar-refractivity contribution in [2.45, 2.75) is 26.1 Å². The van der Waals surface area contributed by atoms with E-state index in [0.29, 0.717) is 23.1 Å². The predicted octanol–water partition coefficient (Wildman–Crippen LogP) is 7.74. The van der Waals surface area contributed by atoms with Crippen molar-refractivity contribution in [3.8, 4) is 23.3 Å². The molecule has 3 atom stereocenters. The maximum absolute atomic E-state index is 14.4. The molecule has 0 saturated heterocycles. The van der Waals surface area contributed by atoms with Crippen LogP contribution in [0.15, 0.2) is 91.0 Å². The van der Waals surface area contributed by atoms with Gasteiger partial charge in [-0.2, -0.15) is 14.0 Å². The average molecular weight is 524 g/mol. The second-order valence-corrected chi connectivity index (χ2v) is 9.62. The molecular weight excluding hydrogens is 500 g/mol. The van der Waals surface area contributed by atoms with Gasteiger partial charge in [-0.15, -0.1) is 0 Å². The normalized spacial score (nSPS) is 19.0. The smallest absolute Gasteiger partial charge is 0.419 e. The van der Waals surface area contributed by atoms with Crippen LogP contribution in [0.2, 0.25) is 5.02 Å². The third kappa shape index (κ3) is 6.28. The van der Waals surface area contributed by atoms with Crippen LogP contribution in [0.4, 0.5) is 8.78 Å². The average Bonchev–Trinajstić information content (AvgIpc) is 3.43. The van der Waals surface area contributed by atoms with Crippen molar-refractivity contribution in [2.24, 2.45) is 17.3 Å². The molecule has 3 aromatic carbocycles. The molecular formula is C29H24ClF2NO4. The first kappa shape index (κ1) is 26.2. The third-order valence-electron chi connectivity index (χ3n) is 6.24. The molecule has 8 heteroatoms. The second kappa shape index (κ2) is 10.6. The van der Waals surface area contributed by atoms with E-state index in [-0.39, 0.29) is 10.8 Å². The maximum atomic E-state index is 14.4. The molecule has 4 rings (SSSR count). The van der Waals surface area contributed by atoms with Gasteiger partial charge in [0.05, 0.1) is 10.9 Å². The number of carbonyl (C=O) groups excluding carboxylic acids is 1. The molecule has 0 N–H and O–H groups in total. The molecule has 0 amide bonds. The van der Waals surface area contributed by atoms with Crippen molar-refractivity contribution < 1.29 is 27.8 Å². The van der Waals surface area contributed by atoms with Crippen LogP contribution in [0.1, 0.15) is 25.5 Å². The molecule has 37 heavy (non-hydrogen) atoms. The molecule has 0 spiro atoms. The quantitative estimate of drug-likeness (QED) is 0.212. The number of esters is 1. The molecule has 3 unspecified atom stereocenters. The lowest BCUT2D eigenvalue weighted by Gasteiger charge is -2.15. The molecule has 1 fully saturated rings. The number of halogens is 3. The highest BCUT2D eigenvalue weighted by Crippen LogP contribution is 2.60. The zero-order valence-electron chi connectivity index (χ0n) is 20.1. The van der Waals surface area contributed by atoms with Gasteiger partial charge in [-0.25, -0.2) is 0 Å². The lowest BCUT2D eigenvalue weighted by Crippen LogP contribution is -2.21. The lowest BCUT2D eigenvalue weighted by molar-refractivity contribution is -0.149. The zero-order valence-corrected chi connectivity index (χ0v) is 20.9. The topological polar surface area (TPSA) is 68.5 Å². The number of alkyl halides is 2. The standard InChI is InChI=1S/C29H24ClF2NO4/c1-28(2)22(15-16-29(31,32)37-24-14-7-6-13-23(24)30)26(28)27(34)36-25(18-33)19-9-8-12-21(17-19)35-20-10-4-3-5-11-20/h3-17,22,25-26H,1-2H3. The molecule has 3 aromatic rings. The summed E-state index contributed by atoms with van der Waals surface area (Å²) in [5.74, 6) is -0.911. The molecule has 0 bridgehead atoms. The van der Waals surface area contributed by atoms with Gasteiger partial charge in [0.25, 0.3) is 0 Å². The Bertz CT molecular complexity index is 1340. The van der Waals surface area contributed by atoms with Crippen molar-refractivity contribution in [1.82, 2.24) is 0 Å². The fraction of sp³-hybridized carbons (Fsp3) is 0.241. The Labute approximate surface area is 218 Å². The summed E-state index contributed by atoms with van der Waals surface area (Å²) in [7, 11) is 0. The zero-order chi connectivity index (χ0) is 26.6. The summed E-state index contributed by atoms with van der Waals surface area (Å²) >= 11 is 5.90. The monoisotopic (exact) mass is 523 g/mol. The third-order valence-corrected chi connectivity index (χ3v) is 6.55. The van der Waals surface area contributed by atoms with Crippen LogP contribution in [0, 0.1) is 28.6 Å². The van der Waals surface area contributed by atoms with Gasteiger partial charge < -0.3 is 14.2 Å². The van der Waals surface area contributed by atoms with Crippen LogP contribution in [0.5, 0.6) is 17.2 Å². The minimum atomic E-state index is -3.63. The lowest BCUT2D eigenvalue weighted by atomic mass is 10.1. The van der Waals surface area contributed by atoms with Crippen LogP contribution in [-0.4, -0.2) is 12.1 Å². The van der Waals surface area contributed by atoms with E-state index in [1.54, 1.807) is 56.3 Å². The summed E-state index contributed by atoms with van der Waals surface area (Å²) in [6.45, 7) is 3.55. The van der Waals surface area contributed by atoms with Gasteiger partial charge in [-0.1, -0.05) is 74.0 Å². The first-order valence-electron chi connectivity index (χ1n) is 11.5. The highest BCUT2D eigenvalue weighted by molar-refractivity contribution is 6.32. The summed E-state index contributed by atoms with van der Waals surface area (Å²) in [5.41, 5.74) is -0.193. The van der Waals surface area contributed by atoms with E-state index in [0.717, 1.165) is 0 Å². The van der Waals surface area contributed by atoms with Crippen molar-refractivity contribution >= 4 is 17.6 Å². The van der Waals surface area contributed by atoms with Crippen LogP contribution < -0.4 is 9.47 Å². The fourth-order valence-electron chi connectivity index (χ4n) is 4.13. The number of hydrogen-bond donors (Lipinski definition) is 0. The van der Waals surface area contributed by atoms with Gasteiger partial charge in [-0.05, 0) is 47.7 Å². The van der Waals surface area contributed by atoms with Gasteiger partial charge in [0.2, 0.25) is 6.10 Å². The molecule has 0 heterocycles. The van der Waals surface area contributed by atoms with Gasteiger partial charge in [0.1, 0.15) is 23.3 Å². The Morgan fingerprint density at radius 3 is 2.43 bits per heavy atom. The van der Waals surface area contributed by atoms with Crippen molar-refractivity contribution in [3.05, 3.63) is 102 Å². The molecule has 5 nitrogen and oxygen atoms in total. The summed E-state index contributed by atoms with van der Waals surface area (Å²) in [6.07, 6.45) is -2.95. The molecule has 190 valence electrons. The first-order valence-corrected chi connectivity index (χ1v) is 11.9. The number of para-hydroxylation sites is 2.